The third kappa shape index (κ3) is 2.31. The molecule has 5 heteroatoms. The number of nitrogens with zero attached hydrogens (tertiary/aromatic N) is 2. The minimum absolute atomic E-state index is 0.529. The van der Waals surface area contributed by atoms with Crippen molar-refractivity contribution in [2.24, 2.45) is 0 Å². The van der Waals surface area contributed by atoms with E-state index in [9.17, 15) is 0 Å². The lowest BCUT2D eigenvalue weighted by Gasteiger charge is -1.98. The van der Waals surface area contributed by atoms with Crippen LogP contribution in [0.5, 0.6) is 0 Å². The first-order valence-corrected chi connectivity index (χ1v) is 6.48. The average Bonchev–Trinajstić information content (AvgIpc) is 2.81. The summed E-state index contributed by atoms with van der Waals surface area (Å²) in [7, 11) is 0. The molecule has 90 valence electrons. The van der Waals surface area contributed by atoms with E-state index >= 15 is 0 Å². The molecule has 0 bridgehead atoms. The van der Waals surface area contributed by atoms with E-state index in [2.05, 4.69) is 9.97 Å². The van der Waals surface area contributed by atoms with Crippen molar-refractivity contribution in [3.8, 4) is 0 Å². The van der Waals surface area contributed by atoms with Crippen molar-refractivity contribution in [2.45, 2.75) is 10.6 Å². The van der Waals surface area contributed by atoms with Gasteiger partial charge in [0.2, 0.25) is 5.89 Å². The molecule has 2 N–H and O–H groups in total. The molecule has 4 nitrogen and oxygen atoms in total. The number of fused-ring (bicyclic) bond motifs is 1. The number of nitrogen functional groups attached to an aromatic ring is 1. The van der Waals surface area contributed by atoms with Crippen molar-refractivity contribution in [1.29, 1.82) is 0 Å². The first kappa shape index (κ1) is 11.1. The van der Waals surface area contributed by atoms with Crippen LogP contribution in [-0.2, 0) is 5.75 Å². The molecule has 0 aliphatic heterocycles. The number of rotatable bonds is 3. The number of benzene rings is 1. The molecule has 0 unspecified atom stereocenters. The lowest BCUT2D eigenvalue weighted by molar-refractivity contribution is 0.556. The van der Waals surface area contributed by atoms with Crippen LogP contribution in [0.4, 0.5) is 5.82 Å². The van der Waals surface area contributed by atoms with Crippen LogP contribution in [0.3, 0.4) is 0 Å². The number of anilines is 1. The summed E-state index contributed by atoms with van der Waals surface area (Å²) in [5, 5.41) is 0. The van der Waals surface area contributed by atoms with E-state index in [1.165, 1.54) is 0 Å². The Labute approximate surface area is 108 Å². The maximum absolute atomic E-state index is 5.64. The normalized spacial score (nSPS) is 10.9. The van der Waals surface area contributed by atoms with Crippen molar-refractivity contribution in [3.63, 3.8) is 0 Å². The summed E-state index contributed by atoms with van der Waals surface area (Å²) in [4.78, 5) is 9.50. The molecule has 0 fully saturated rings. The van der Waals surface area contributed by atoms with Gasteiger partial charge in [-0.15, -0.1) is 11.8 Å². The summed E-state index contributed by atoms with van der Waals surface area (Å²) in [6, 6.07) is 11.5. The Bertz CT molecular complexity index is 630. The summed E-state index contributed by atoms with van der Waals surface area (Å²) in [5.41, 5.74) is 7.25. The largest absolute Gasteiger partial charge is 0.440 e. The van der Waals surface area contributed by atoms with Crippen LogP contribution in [0.1, 0.15) is 5.89 Å². The van der Waals surface area contributed by atoms with Crippen LogP contribution in [0.15, 0.2) is 51.9 Å². The Morgan fingerprint density at radius 1 is 1.17 bits per heavy atom. The molecule has 2 heterocycles. The number of hydrogen-bond acceptors (Lipinski definition) is 5. The monoisotopic (exact) mass is 257 g/mol. The summed E-state index contributed by atoms with van der Waals surface area (Å²) in [5.74, 6) is 1.93. The highest BCUT2D eigenvalue weighted by Crippen LogP contribution is 2.24. The Kier molecular flexibility index (Phi) is 2.90. The SMILES string of the molecule is Nc1ccc(SCc2nc3ccccc3o2)cn1. The van der Waals surface area contributed by atoms with E-state index in [1.54, 1.807) is 24.0 Å². The van der Waals surface area contributed by atoms with Crippen molar-refractivity contribution in [1.82, 2.24) is 9.97 Å². The molecule has 0 saturated heterocycles. The van der Waals surface area contributed by atoms with Gasteiger partial charge in [-0.1, -0.05) is 12.1 Å². The van der Waals surface area contributed by atoms with Gasteiger partial charge in [0.1, 0.15) is 11.3 Å². The molecule has 3 rings (SSSR count). The summed E-state index contributed by atoms with van der Waals surface area (Å²) >= 11 is 1.62. The molecule has 3 aromatic rings. The number of aromatic nitrogens is 2. The lowest BCUT2D eigenvalue weighted by Crippen LogP contribution is -1.88. The number of nitrogens with two attached hydrogens (primary N) is 1. The van der Waals surface area contributed by atoms with Gasteiger partial charge in [-0.2, -0.15) is 0 Å². The van der Waals surface area contributed by atoms with Crippen LogP contribution >= 0.6 is 11.8 Å². The van der Waals surface area contributed by atoms with Crippen LogP contribution in [-0.4, -0.2) is 9.97 Å². The predicted octanol–water partition coefficient (Wildman–Crippen LogP) is 3.10. The van der Waals surface area contributed by atoms with Gasteiger partial charge in [-0.05, 0) is 24.3 Å². The second-order valence-electron chi connectivity index (χ2n) is 3.78. The molecule has 0 spiro atoms. The topological polar surface area (TPSA) is 64.9 Å². The summed E-state index contributed by atoms with van der Waals surface area (Å²) in [6.07, 6.45) is 1.75. The van der Waals surface area contributed by atoms with E-state index < -0.39 is 0 Å². The Hall–Kier alpha value is -2.01. The number of pyridine rings is 1. The van der Waals surface area contributed by atoms with Crippen molar-refractivity contribution < 1.29 is 4.42 Å². The van der Waals surface area contributed by atoms with E-state index in [1.807, 2.05) is 30.3 Å². The van der Waals surface area contributed by atoms with E-state index in [4.69, 9.17) is 10.2 Å². The first-order chi connectivity index (χ1) is 8.81. The zero-order chi connectivity index (χ0) is 12.4. The number of hydrogen-bond donors (Lipinski definition) is 1. The highest BCUT2D eigenvalue weighted by atomic mass is 32.2. The van der Waals surface area contributed by atoms with E-state index in [-0.39, 0.29) is 0 Å². The van der Waals surface area contributed by atoms with Crippen LogP contribution < -0.4 is 5.73 Å². The van der Waals surface area contributed by atoms with Crippen molar-refractivity contribution in [2.75, 3.05) is 5.73 Å². The zero-order valence-electron chi connectivity index (χ0n) is 9.54. The maximum Gasteiger partial charge on any atom is 0.205 e. The van der Waals surface area contributed by atoms with E-state index in [0.717, 1.165) is 21.9 Å². The number of para-hydroxylation sites is 2. The Morgan fingerprint density at radius 3 is 2.83 bits per heavy atom. The van der Waals surface area contributed by atoms with Gasteiger partial charge < -0.3 is 10.2 Å². The third-order valence-electron chi connectivity index (χ3n) is 2.46. The van der Waals surface area contributed by atoms with Crippen molar-refractivity contribution in [3.05, 3.63) is 48.5 Å². The maximum atomic E-state index is 5.64. The third-order valence-corrected chi connectivity index (χ3v) is 3.43. The van der Waals surface area contributed by atoms with E-state index in [0.29, 0.717) is 11.6 Å². The molecule has 2 aromatic heterocycles. The van der Waals surface area contributed by atoms with Crippen LogP contribution in [0.2, 0.25) is 0 Å². The van der Waals surface area contributed by atoms with Crippen LogP contribution in [0.25, 0.3) is 11.1 Å². The summed E-state index contributed by atoms with van der Waals surface area (Å²) < 4.78 is 5.64. The molecule has 18 heavy (non-hydrogen) atoms. The second-order valence-corrected chi connectivity index (χ2v) is 4.83. The fraction of sp³-hybridized carbons (Fsp3) is 0.0769. The van der Waals surface area contributed by atoms with Crippen LogP contribution in [0, 0.1) is 0 Å². The highest BCUT2D eigenvalue weighted by molar-refractivity contribution is 7.98. The first-order valence-electron chi connectivity index (χ1n) is 5.50. The average molecular weight is 257 g/mol. The fourth-order valence-corrected chi connectivity index (χ4v) is 2.31. The van der Waals surface area contributed by atoms with Gasteiger partial charge in [-0.3, -0.25) is 0 Å². The van der Waals surface area contributed by atoms with Gasteiger partial charge in [0.05, 0.1) is 5.75 Å². The van der Waals surface area contributed by atoms with Gasteiger partial charge in [0, 0.05) is 11.1 Å². The summed E-state index contributed by atoms with van der Waals surface area (Å²) in [6.45, 7) is 0. The molecule has 0 radical (unpaired) electrons. The molecule has 0 saturated carbocycles. The second kappa shape index (κ2) is 4.70. The predicted molar refractivity (Wildman–Crippen MR) is 72.2 cm³/mol. The number of oxazole rings is 1. The van der Waals surface area contributed by atoms with Gasteiger partial charge in [0.15, 0.2) is 5.58 Å². The fourth-order valence-electron chi connectivity index (χ4n) is 1.60. The standard InChI is InChI=1S/C13H11N3OS/c14-12-6-5-9(7-15-12)18-8-13-16-10-3-1-2-4-11(10)17-13/h1-7H,8H2,(H2,14,15). The Balaban J connectivity index is 1.74. The van der Waals surface area contributed by atoms with Crippen molar-refractivity contribution >= 4 is 28.7 Å². The minimum Gasteiger partial charge on any atom is -0.440 e. The molecule has 0 amide bonds. The zero-order valence-corrected chi connectivity index (χ0v) is 10.4. The Morgan fingerprint density at radius 2 is 2.06 bits per heavy atom. The molecule has 0 aliphatic rings. The minimum atomic E-state index is 0.529. The molecular weight excluding hydrogens is 246 g/mol. The van der Waals surface area contributed by atoms with Gasteiger partial charge >= 0.3 is 0 Å². The molecule has 0 atom stereocenters. The smallest absolute Gasteiger partial charge is 0.205 e. The highest BCUT2D eigenvalue weighted by Gasteiger charge is 2.05. The lowest BCUT2D eigenvalue weighted by atomic mass is 10.3. The van der Waals surface area contributed by atoms with Gasteiger partial charge in [0.25, 0.3) is 0 Å². The molecule has 0 aliphatic carbocycles. The number of thioether (sulfide) groups is 1. The molecular formula is C13H11N3OS. The molecule has 1 aromatic carbocycles. The quantitative estimate of drug-likeness (QED) is 0.730. The van der Waals surface area contributed by atoms with Gasteiger partial charge in [-0.25, -0.2) is 9.97 Å².